The number of alkyl halides is 1. The minimum absolute atomic E-state index is 0.0896. The number of hydrogen-bond acceptors (Lipinski definition) is 6. The van der Waals surface area contributed by atoms with Gasteiger partial charge in [0.1, 0.15) is 11.4 Å². The zero-order valence-corrected chi connectivity index (χ0v) is 16.6. The van der Waals surface area contributed by atoms with Gasteiger partial charge in [-0.05, 0) is 36.8 Å². The molecule has 0 bridgehead atoms. The molecule has 1 amide bonds. The minimum Gasteiger partial charge on any atom is -0.476 e. The molecule has 3 rings (SSSR count). The van der Waals surface area contributed by atoms with Crippen molar-refractivity contribution in [1.29, 1.82) is 0 Å². The van der Waals surface area contributed by atoms with E-state index in [4.69, 9.17) is 12.2 Å². The second-order valence-electron chi connectivity index (χ2n) is 7.75. The first kappa shape index (κ1) is 18.1. The summed E-state index contributed by atoms with van der Waals surface area (Å²) >= 11 is 0. The third-order valence-electron chi connectivity index (χ3n) is 5.19. The lowest BCUT2D eigenvalue weighted by Gasteiger charge is -2.40. The molecule has 1 aliphatic carbocycles. The lowest BCUT2D eigenvalue weighted by Crippen LogP contribution is -2.52. The first-order valence-electron chi connectivity index (χ1n) is 10.7. The fraction of sp³-hybridized carbons (Fsp3) is 0.700. The van der Waals surface area contributed by atoms with Crippen LogP contribution in [0.5, 0.6) is 5.88 Å². The van der Waals surface area contributed by atoms with E-state index >= 15 is 0 Å². The van der Waals surface area contributed by atoms with Gasteiger partial charge in [0, 0.05) is 20.2 Å². The van der Waals surface area contributed by atoms with Crippen LogP contribution >= 0.6 is 0 Å². The molecule has 1 saturated heterocycles. The monoisotopic (exact) mass is 397 g/mol. The van der Waals surface area contributed by atoms with Gasteiger partial charge in [-0.15, -0.1) is 0 Å². The fourth-order valence-electron chi connectivity index (χ4n) is 2.94. The maximum atomic E-state index is 13.0. The molecular formula is C20H30FN3O4. The zero-order chi connectivity index (χ0) is 21.9. The number of amides is 1. The maximum absolute atomic E-state index is 13.0. The molecule has 0 unspecified atom stereocenters. The van der Waals surface area contributed by atoms with Gasteiger partial charge in [0.2, 0.25) is 5.88 Å². The topological polar surface area (TPSA) is 72.9 Å². The zero-order valence-electron chi connectivity index (χ0n) is 18.6. The van der Waals surface area contributed by atoms with Crippen LogP contribution < -0.4 is 15.0 Å². The molecule has 0 spiro atoms. The fourth-order valence-corrected chi connectivity index (χ4v) is 2.94. The standard InChI is InChI=1S/C20H30FN3O4/c1-13(2)17(11-27-12-21)22-19(25)16-6-7-18(24-8-15(9-24)26-3)20(23-16)28-10-14-4-5-14/h6-7,13-15,17H,4-5,8-12H2,1-3H3,(H,22,25)/t17-/m1/s1/i12D2. The molecule has 1 aromatic heterocycles. The molecule has 7 nitrogen and oxygen atoms in total. The Morgan fingerprint density at radius 3 is 2.79 bits per heavy atom. The van der Waals surface area contributed by atoms with Crippen molar-refractivity contribution in [3.8, 4) is 5.88 Å². The second kappa shape index (κ2) is 9.52. The van der Waals surface area contributed by atoms with Crippen molar-refractivity contribution in [2.24, 2.45) is 11.8 Å². The van der Waals surface area contributed by atoms with E-state index in [1.54, 1.807) is 13.2 Å². The summed E-state index contributed by atoms with van der Waals surface area (Å²) in [5.41, 5.74) is 1.01. The van der Waals surface area contributed by atoms with Gasteiger partial charge in [-0.3, -0.25) is 4.79 Å². The van der Waals surface area contributed by atoms with Gasteiger partial charge >= 0.3 is 0 Å². The molecule has 2 heterocycles. The number of rotatable bonds is 11. The highest BCUT2D eigenvalue weighted by Crippen LogP contribution is 2.34. The average Bonchev–Trinajstić information content (AvgIpc) is 3.46. The number of hydrogen-bond donors (Lipinski definition) is 1. The molecule has 2 aliphatic rings. The number of anilines is 1. The number of carbonyl (C=O) groups excluding carboxylic acids is 1. The van der Waals surface area contributed by atoms with Crippen LogP contribution in [-0.4, -0.2) is 63.3 Å². The van der Waals surface area contributed by atoms with Crippen molar-refractivity contribution in [3.05, 3.63) is 17.8 Å². The highest BCUT2D eigenvalue weighted by atomic mass is 19.1. The predicted octanol–water partition coefficient (Wildman–Crippen LogP) is 2.40. The molecule has 1 aliphatic heterocycles. The van der Waals surface area contributed by atoms with Crippen molar-refractivity contribution in [3.63, 3.8) is 0 Å². The predicted molar refractivity (Wildman–Crippen MR) is 103 cm³/mol. The number of ether oxygens (including phenoxy) is 3. The largest absolute Gasteiger partial charge is 0.476 e. The third kappa shape index (κ3) is 5.32. The van der Waals surface area contributed by atoms with Crippen molar-refractivity contribution in [2.45, 2.75) is 38.8 Å². The molecule has 1 aromatic rings. The van der Waals surface area contributed by atoms with E-state index in [-0.39, 0.29) is 24.3 Å². The van der Waals surface area contributed by atoms with Gasteiger partial charge in [0.15, 0.2) is 6.81 Å². The summed E-state index contributed by atoms with van der Waals surface area (Å²) in [6.07, 6.45) is 2.46. The summed E-state index contributed by atoms with van der Waals surface area (Å²) in [7, 11) is 1.68. The Morgan fingerprint density at radius 1 is 1.43 bits per heavy atom. The van der Waals surface area contributed by atoms with E-state index in [1.807, 2.05) is 19.9 Å². The van der Waals surface area contributed by atoms with E-state index < -0.39 is 18.8 Å². The molecule has 1 N–H and O–H groups in total. The first-order chi connectivity index (χ1) is 14.2. The lowest BCUT2D eigenvalue weighted by atomic mass is 10.1. The summed E-state index contributed by atoms with van der Waals surface area (Å²) in [5.74, 6) is 0.422. The Labute approximate surface area is 168 Å². The molecule has 0 aromatic carbocycles. The number of nitrogens with one attached hydrogen (secondary N) is 1. The Kier molecular flexibility index (Phi) is 6.16. The van der Waals surface area contributed by atoms with Gasteiger partial charge in [0.25, 0.3) is 5.91 Å². The van der Waals surface area contributed by atoms with E-state index in [0.29, 0.717) is 18.4 Å². The quantitative estimate of drug-likeness (QED) is 0.618. The molecule has 28 heavy (non-hydrogen) atoms. The van der Waals surface area contributed by atoms with Crippen LogP contribution in [0, 0.1) is 11.8 Å². The summed E-state index contributed by atoms with van der Waals surface area (Å²) in [6.45, 7) is 2.17. The Hall–Kier alpha value is -1.93. The summed E-state index contributed by atoms with van der Waals surface area (Å²) in [6, 6.07) is 2.87. The molecule has 2 fully saturated rings. The van der Waals surface area contributed by atoms with Gasteiger partial charge in [0.05, 0.1) is 28.1 Å². The molecule has 1 atom stereocenters. The van der Waals surface area contributed by atoms with Crippen LogP contribution in [0.1, 0.15) is 39.9 Å². The number of pyridine rings is 1. The van der Waals surface area contributed by atoms with E-state index in [9.17, 15) is 9.18 Å². The van der Waals surface area contributed by atoms with Gasteiger partial charge in [-0.2, -0.15) is 0 Å². The number of aromatic nitrogens is 1. The number of methoxy groups -OCH3 is 1. The number of halogens is 1. The van der Waals surface area contributed by atoms with Gasteiger partial charge in [-0.25, -0.2) is 9.37 Å². The van der Waals surface area contributed by atoms with Crippen LogP contribution in [0.15, 0.2) is 12.1 Å². The first-order valence-corrected chi connectivity index (χ1v) is 9.71. The highest BCUT2D eigenvalue weighted by Gasteiger charge is 2.31. The Morgan fingerprint density at radius 2 is 2.18 bits per heavy atom. The Bertz CT molecular complexity index is 737. The minimum atomic E-state index is -3.25. The van der Waals surface area contributed by atoms with Crippen LogP contribution in [0.2, 0.25) is 0 Å². The smallest absolute Gasteiger partial charge is 0.270 e. The normalized spacial score (nSPS) is 19.7. The summed E-state index contributed by atoms with van der Waals surface area (Å²) in [5, 5.41) is 2.75. The third-order valence-corrected chi connectivity index (χ3v) is 5.19. The van der Waals surface area contributed by atoms with Crippen molar-refractivity contribution in [1.82, 2.24) is 10.3 Å². The second-order valence-corrected chi connectivity index (χ2v) is 7.75. The molecule has 8 heteroatoms. The number of carbonyl (C=O) groups is 1. The van der Waals surface area contributed by atoms with Gasteiger partial charge in [-0.1, -0.05) is 13.8 Å². The average molecular weight is 397 g/mol. The molecular weight excluding hydrogens is 365 g/mol. The van der Waals surface area contributed by atoms with E-state index in [2.05, 4.69) is 19.9 Å². The molecule has 0 radical (unpaired) electrons. The van der Waals surface area contributed by atoms with Crippen LogP contribution in [-0.2, 0) is 9.47 Å². The molecule has 1 saturated carbocycles. The van der Waals surface area contributed by atoms with Gasteiger partial charge < -0.3 is 24.4 Å². The lowest BCUT2D eigenvalue weighted by molar-refractivity contribution is 0.0343. The SMILES string of the molecule is [2H]C([2H])(F)OC[C@@H](NC(=O)c1ccc(N2CC(OC)C2)c(OCC2CC2)n1)C(C)C. The van der Waals surface area contributed by atoms with E-state index in [0.717, 1.165) is 31.6 Å². The Balaban J connectivity index is 1.70. The molecule has 156 valence electrons. The van der Waals surface area contributed by atoms with Crippen molar-refractivity contribution in [2.75, 3.05) is 45.1 Å². The summed E-state index contributed by atoms with van der Waals surface area (Å²) < 4.78 is 42.6. The van der Waals surface area contributed by atoms with Crippen LogP contribution in [0.25, 0.3) is 0 Å². The van der Waals surface area contributed by atoms with Crippen molar-refractivity contribution < 1.29 is 26.1 Å². The van der Waals surface area contributed by atoms with Crippen molar-refractivity contribution >= 4 is 11.6 Å². The highest BCUT2D eigenvalue weighted by molar-refractivity contribution is 5.93. The number of nitrogens with zero attached hydrogens (tertiary/aromatic N) is 2. The van der Waals surface area contributed by atoms with E-state index in [1.165, 1.54) is 0 Å². The van der Waals surface area contributed by atoms with Crippen LogP contribution in [0.3, 0.4) is 0 Å². The summed E-state index contributed by atoms with van der Waals surface area (Å²) in [4.78, 5) is 19.3. The maximum Gasteiger partial charge on any atom is 0.270 e. The van der Waals surface area contributed by atoms with Crippen LogP contribution in [0.4, 0.5) is 10.1 Å².